The highest BCUT2D eigenvalue weighted by Crippen LogP contribution is 2.29. The number of benzene rings is 3. The topological polar surface area (TPSA) is 132 Å². The lowest BCUT2D eigenvalue weighted by molar-refractivity contribution is -0.141. The highest BCUT2D eigenvalue weighted by molar-refractivity contribution is 5.92. The summed E-state index contributed by atoms with van der Waals surface area (Å²) in [5, 5.41) is 13.3. The summed E-state index contributed by atoms with van der Waals surface area (Å²) >= 11 is 0. The molecule has 0 spiro atoms. The van der Waals surface area contributed by atoms with Crippen molar-refractivity contribution in [3.63, 3.8) is 0 Å². The van der Waals surface area contributed by atoms with Gasteiger partial charge in [0.05, 0.1) is 12.2 Å². The van der Waals surface area contributed by atoms with Gasteiger partial charge < -0.3 is 39.5 Å². The molecule has 12 nitrogen and oxygen atoms in total. The number of amides is 4. The number of carbonyl (C=O) groups excluding carboxylic acids is 4. The summed E-state index contributed by atoms with van der Waals surface area (Å²) in [6, 6.07) is 18.5. The molecule has 0 radical (unpaired) electrons. The fraction of sp³-hybridized carbons (Fsp3) is 0.421. The lowest BCUT2D eigenvalue weighted by Gasteiger charge is -2.40. The smallest absolute Gasteiger partial charge is 0.410 e. The van der Waals surface area contributed by atoms with Gasteiger partial charge in [-0.3, -0.25) is 4.79 Å². The largest absolute Gasteiger partial charge is 0.507 e. The number of aryl methyl sites for hydroxylation is 2. The van der Waals surface area contributed by atoms with Gasteiger partial charge >= 0.3 is 18.1 Å². The summed E-state index contributed by atoms with van der Waals surface area (Å²) in [4.78, 5) is 59.9. The maximum absolute atomic E-state index is 14.0. The average molecular weight is 684 g/mol. The lowest BCUT2D eigenvalue weighted by atomic mass is 10.00. The van der Waals surface area contributed by atoms with Crippen molar-refractivity contribution in [2.75, 3.05) is 56.1 Å². The predicted octanol–water partition coefficient (Wildman–Crippen LogP) is 5.09. The van der Waals surface area contributed by atoms with E-state index in [-0.39, 0.29) is 36.1 Å². The van der Waals surface area contributed by atoms with Crippen molar-refractivity contribution >= 4 is 35.4 Å². The maximum atomic E-state index is 14.0. The number of phenols is 1. The van der Waals surface area contributed by atoms with E-state index < -0.39 is 12.2 Å². The van der Waals surface area contributed by atoms with Crippen LogP contribution in [0, 0.1) is 13.8 Å². The van der Waals surface area contributed by atoms with Gasteiger partial charge in [0.2, 0.25) is 0 Å². The molecule has 0 aliphatic carbocycles. The zero-order chi connectivity index (χ0) is 35.4. The Balaban J connectivity index is 1.09. The highest BCUT2D eigenvalue weighted by atomic mass is 16.6. The molecule has 264 valence electrons. The number of hydrogen-bond acceptors (Lipinski definition) is 8. The molecular formula is C38H45N5O7. The zero-order valence-electron chi connectivity index (χ0n) is 28.9. The molecule has 0 bridgehead atoms. The van der Waals surface area contributed by atoms with Gasteiger partial charge in [-0.1, -0.05) is 30.3 Å². The number of nitrogens with one attached hydrogen (secondary N) is 1. The number of nitrogens with zero attached hydrogens (tertiary/aromatic N) is 4. The molecule has 2 N–H and O–H groups in total. The Labute approximate surface area is 292 Å². The van der Waals surface area contributed by atoms with Gasteiger partial charge in [0, 0.05) is 69.7 Å². The number of piperidine rings is 1. The molecule has 2 fully saturated rings. The van der Waals surface area contributed by atoms with E-state index >= 15 is 0 Å². The minimum Gasteiger partial charge on any atom is -0.507 e. The van der Waals surface area contributed by atoms with Crippen LogP contribution in [-0.2, 0) is 27.2 Å². The monoisotopic (exact) mass is 683 g/mol. The predicted molar refractivity (Wildman–Crippen MR) is 188 cm³/mol. The Kier molecular flexibility index (Phi) is 10.4. The molecule has 3 aliphatic heterocycles. The zero-order valence-corrected chi connectivity index (χ0v) is 28.9. The standard InChI is InChI=1S/C38H45N5O7/c1-4-49-36(46)28-9-11-30(12-10-28)40-17-19-41(20-18-40)35(45)33(23-27-21-25(2)34(44)26(3)22-27)50-38(48)42-15-13-31(14-16-42)43-24-29-7-5-6-8-32(29)39-37(43)47/h5-12,21-22,31,33,44H,4,13-20,23-24H2,1-3H3,(H,39,47)/t33-/m1/s1. The van der Waals surface area contributed by atoms with Gasteiger partial charge in [0.25, 0.3) is 5.91 Å². The summed E-state index contributed by atoms with van der Waals surface area (Å²) in [6.45, 7) is 9.04. The van der Waals surface area contributed by atoms with E-state index in [0.29, 0.717) is 82.0 Å². The number of phenolic OH excluding ortho intramolecular Hbond substituents is 1. The number of carbonyl (C=O) groups is 4. The summed E-state index contributed by atoms with van der Waals surface area (Å²) in [5.74, 6) is -0.426. The molecule has 2 saturated heterocycles. The molecule has 0 unspecified atom stereocenters. The number of hydrogen-bond donors (Lipinski definition) is 2. The van der Waals surface area contributed by atoms with E-state index in [9.17, 15) is 24.3 Å². The number of aromatic hydroxyl groups is 1. The van der Waals surface area contributed by atoms with Crippen LogP contribution >= 0.6 is 0 Å². The summed E-state index contributed by atoms with van der Waals surface area (Å²) in [5.41, 5.74) is 5.48. The molecule has 0 aromatic heterocycles. The van der Waals surface area contributed by atoms with Crippen molar-refractivity contribution in [1.82, 2.24) is 14.7 Å². The van der Waals surface area contributed by atoms with Crippen molar-refractivity contribution < 1.29 is 33.8 Å². The van der Waals surface area contributed by atoms with Crippen molar-refractivity contribution in [3.05, 3.63) is 88.5 Å². The third-order valence-electron chi connectivity index (χ3n) is 9.85. The van der Waals surface area contributed by atoms with Crippen LogP contribution in [0.2, 0.25) is 0 Å². The van der Waals surface area contributed by atoms with E-state index in [1.54, 1.807) is 42.7 Å². The second-order valence-electron chi connectivity index (χ2n) is 13.2. The maximum Gasteiger partial charge on any atom is 0.410 e. The first-order chi connectivity index (χ1) is 24.1. The molecule has 0 saturated carbocycles. The summed E-state index contributed by atoms with van der Waals surface area (Å²) in [7, 11) is 0. The van der Waals surface area contributed by atoms with Gasteiger partial charge in [-0.05, 0) is 86.2 Å². The molecule has 50 heavy (non-hydrogen) atoms. The van der Waals surface area contributed by atoms with E-state index in [2.05, 4.69) is 10.2 Å². The number of piperazine rings is 1. The van der Waals surface area contributed by atoms with Crippen molar-refractivity contribution in [2.24, 2.45) is 0 Å². The fourth-order valence-corrected chi connectivity index (χ4v) is 7.04. The number of para-hydroxylation sites is 1. The molecule has 3 aromatic carbocycles. The molecule has 1 atom stereocenters. The number of anilines is 2. The molecular weight excluding hydrogens is 638 g/mol. The van der Waals surface area contributed by atoms with E-state index in [1.165, 1.54) is 0 Å². The van der Waals surface area contributed by atoms with Crippen molar-refractivity contribution in [3.8, 4) is 5.75 Å². The van der Waals surface area contributed by atoms with E-state index in [0.717, 1.165) is 22.5 Å². The second-order valence-corrected chi connectivity index (χ2v) is 13.2. The number of rotatable bonds is 8. The van der Waals surface area contributed by atoms with E-state index in [4.69, 9.17) is 9.47 Å². The van der Waals surface area contributed by atoms with Crippen LogP contribution in [0.1, 0.15) is 52.4 Å². The Morgan fingerprint density at radius 2 is 1.56 bits per heavy atom. The SMILES string of the molecule is CCOC(=O)c1ccc(N2CCN(C(=O)[C@@H](Cc3cc(C)c(O)c(C)c3)OC(=O)N3CCC(N4Cc5ccccc5NC4=O)CC3)CC2)cc1. The van der Waals surface area contributed by atoms with E-state index in [1.807, 2.05) is 53.4 Å². The summed E-state index contributed by atoms with van der Waals surface area (Å²) < 4.78 is 11.1. The van der Waals surface area contributed by atoms with Crippen LogP contribution in [-0.4, -0.2) is 102 Å². The molecule has 4 amide bonds. The van der Waals surface area contributed by atoms with Crippen molar-refractivity contribution in [2.45, 2.75) is 58.7 Å². The molecule has 12 heteroatoms. The lowest BCUT2D eigenvalue weighted by Crippen LogP contribution is -2.54. The Bertz CT molecular complexity index is 1710. The quantitative estimate of drug-likeness (QED) is 0.314. The van der Waals surface area contributed by atoms with Gasteiger partial charge in [0.1, 0.15) is 5.75 Å². The number of urea groups is 1. The van der Waals surface area contributed by atoms with Crippen molar-refractivity contribution in [1.29, 1.82) is 0 Å². The Morgan fingerprint density at radius 3 is 2.22 bits per heavy atom. The normalized spacial score (nSPS) is 17.1. The molecule has 3 aliphatic rings. The number of fused-ring (bicyclic) bond motifs is 1. The minimum absolute atomic E-state index is 0.0227. The Hall–Kier alpha value is -5.26. The fourth-order valence-electron chi connectivity index (χ4n) is 7.04. The number of likely N-dealkylation sites (tertiary alicyclic amines) is 1. The highest BCUT2D eigenvalue weighted by Gasteiger charge is 2.36. The van der Waals surface area contributed by atoms with Crippen LogP contribution in [0.4, 0.5) is 21.0 Å². The number of esters is 1. The third kappa shape index (κ3) is 7.64. The van der Waals surface area contributed by atoms with Crippen LogP contribution in [0.15, 0.2) is 60.7 Å². The number of ether oxygens (including phenoxy) is 2. The van der Waals surface area contributed by atoms with Crippen LogP contribution in [0.5, 0.6) is 5.75 Å². The van der Waals surface area contributed by atoms with Gasteiger partial charge in [-0.15, -0.1) is 0 Å². The van der Waals surface area contributed by atoms with Gasteiger partial charge in [-0.2, -0.15) is 0 Å². The Morgan fingerprint density at radius 1 is 0.900 bits per heavy atom. The van der Waals surface area contributed by atoms with Crippen LogP contribution in [0.25, 0.3) is 0 Å². The minimum atomic E-state index is -1.05. The first-order valence-corrected chi connectivity index (χ1v) is 17.3. The van der Waals surface area contributed by atoms with Crippen LogP contribution in [0.3, 0.4) is 0 Å². The third-order valence-corrected chi connectivity index (χ3v) is 9.85. The van der Waals surface area contributed by atoms with Gasteiger partial charge in [-0.25, -0.2) is 14.4 Å². The average Bonchev–Trinajstić information content (AvgIpc) is 3.13. The van der Waals surface area contributed by atoms with Crippen LogP contribution < -0.4 is 10.2 Å². The molecule has 3 aromatic rings. The second kappa shape index (κ2) is 15.1. The molecule has 6 rings (SSSR count). The molecule has 3 heterocycles. The first-order valence-electron chi connectivity index (χ1n) is 17.3. The van der Waals surface area contributed by atoms with Gasteiger partial charge in [0.15, 0.2) is 6.10 Å². The summed E-state index contributed by atoms with van der Waals surface area (Å²) in [6.07, 6.45) is -0.234. The first kappa shape index (κ1) is 34.6.